The van der Waals surface area contributed by atoms with E-state index in [1.165, 1.54) is 0 Å². The van der Waals surface area contributed by atoms with E-state index in [4.69, 9.17) is 4.74 Å². The largest absolute Gasteiger partial charge is 0.447 e. The predicted octanol–water partition coefficient (Wildman–Crippen LogP) is 2.79. The molecule has 29 heavy (non-hydrogen) atoms. The van der Waals surface area contributed by atoms with Crippen LogP contribution < -0.4 is 10.6 Å². The molecule has 2 amide bonds. The normalized spacial score (nSPS) is 19.7. The van der Waals surface area contributed by atoms with Crippen molar-refractivity contribution in [3.05, 3.63) is 29.2 Å². The highest BCUT2D eigenvalue weighted by molar-refractivity contribution is 5.91. The number of carbonyl (C=O) groups is 2. The van der Waals surface area contributed by atoms with Crippen LogP contribution in [-0.4, -0.2) is 44.1 Å². The topological polar surface area (TPSA) is 114 Å². The molecule has 0 bridgehead atoms. The van der Waals surface area contributed by atoms with Crippen LogP contribution in [0, 0.1) is 6.92 Å². The van der Waals surface area contributed by atoms with E-state index < -0.39 is 0 Å². The number of nitrogens with one attached hydrogen (secondary N) is 3. The average Bonchev–Trinajstić information content (AvgIpc) is 3.39. The monoisotopic (exact) mass is 402 g/mol. The Hall–Kier alpha value is -2.84. The minimum absolute atomic E-state index is 0.0820. The fraction of sp³-hybridized carbons (Fsp3) is 0.600. The lowest BCUT2D eigenvalue weighted by molar-refractivity contribution is -0.115. The molecule has 3 N–H and O–H groups in total. The zero-order valence-electron chi connectivity index (χ0n) is 17.5. The highest BCUT2D eigenvalue weighted by Gasteiger charge is 2.29. The van der Waals surface area contributed by atoms with Crippen molar-refractivity contribution >= 4 is 17.8 Å². The van der Waals surface area contributed by atoms with Crippen molar-refractivity contribution < 1.29 is 14.3 Å². The Balaban J connectivity index is 1.49. The number of aromatic amines is 1. The first-order valence-electron chi connectivity index (χ1n) is 10.2. The number of nitrogens with zero attached hydrogens (tertiary/aromatic N) is 3. The van der Waals surface area contributed by atoms with Crippen molar-refractivity contribution in [3.63, 3.8) is 0 Å². The first-order valence-corrected chi connectivity index (χ1v) is 10.2. The molecular weight excluding hydrogens is 372 g/mol. The Labute approximate surface area is 170 Å². The van der Waals surface area contributed by atoms with Gasteiger partial charge in [0.1, 0.15) is 6.10 Å². The summed E-state index contributed by atoms with van der Waals surface area (Å²) in [7, 11) is 1.85. The van der Waals surface area contributed by atoms with Gasteiger partial charge in [0.2, 0.25) is 5.91 Å². The molecule has 9 heteroatoms. The second-order valence-corrected chi connectivity index (χ2v) is 7.79. The van der Waals surface area contributed by atoms with E-state index in [1.54, 1.807) is 10.9 Å². The minimum atomic E-state index is -0.353. The van der Waals surface area contributed by atoms with E-state index in [2.05, 4.69) is 25.9 Å². The predicted molar refractivity (Wildman–Crippen MR) is 109 cm³/mol. The van der Waals surface area contributed by atoms with Crippen LogP contribution in [0.1, 0.15) is 62.4 Å². The zero-order valence-corrected chi connectivity index (χ0v) is 17.5. The fourth-order valence-corrected chi connectivity index (χ4v) is 3.55. The van der Waals surface area contributed by atoms with Crippen LogP contribution in [0.5, 0.6) is 0 Å². The number of rotatable bonds is 7. The van der Waals surface area contributed by atoms with Crippen LogP contribution in [0.4, 0.5) is 10.6 Å². The maximum absolute atomic E-state index is 12.3. The van der Waals surface area contributed by atoms with E-state index in [0.717, 1.165) is 42.6 Å². The number of H-pyrrole nitrogens is 1. The van der Waals surface area contributed by atoms with Crippen molar-refractivity contribution in [2.75, 3.05) is 5.32 Å². The molecule has 0 aliphatic heterocycles. The molecule has 9 nitrogen and oxygen atoms in total. The van der Waals surface area contributed by atoms with E-state index in [1.807, 2.05) is 33.9 Å². The molecular formula is C20H30N6O3. The summed E-state index contributed by atoms with van der Waals surface area (Å²) in [5.41, 5.74) is 2.84. The Morgan fingerprint density at radius 3 is 2.90 bits per heavy atom. The van der Waals surface area contributed by atoms with Crippen LogP contribution in [0.3, 0.4) is 0 Å². The molecule has 1 aliphatic rings. The molecule has 1 aliphatic carbocycles. The number of hydrogen-bond acceptors (Lipinski definition) is 5. The Bertz CT molecular complexity index is 858. The third-order valence-electron chi connectivity index (χ3n) is 5.63. The van der Waals surface area contributed by atoms with E-state index in [9.17, 15) is 9.59 Å². The number of alkyl carbamates (subject to hydrolysis) is 1. The second-order valence-electron chi connectivity index (χ2n) is 7.79. The van der Waals surface area contributed by atoms with Gasteiger partial charge in [-0.25, -0.2) is 4.79 Å². The van der Waals surface area contributed by atoms with Gasteiger partial charge in [-0.2, -0.15) is 10.2 Å². The number of ether oxygens (including phenoxy) is 1. The lowest BCUT2D eigenvalue weighted by Crippen LogP contribution is -2.35. The summed E-state index contributed by atoms with van der Waals surface area (Å²) in [6.07, 6.45) is 4.98. The van der Waals surface area contributed by atoms with Crippen molar-refractivity contribution in [1.29, 1.82) is 0 Å². The minimum Gasteiger partial charge on any atom is -0.447 e. The molecule has 0 aromatic carbocycles. The van der Waals surface area contributed by atoms with E-state index in [-0.39, 0.29) is 36.5 Å². The molecule has 0 unspecified atom stereocenters. The van der Waals surface area contributed by atoms with Crippen LogP contribution in [0.25, 0.3) is 0 Å². The van der Waals surface area contributed by atoms with Crippen molar-refractivity contribution in [2.24, 2.45) is 7.05 Å². The summed E-state index contributed by atoms with van der Waals surface area (Å²) in [4.78, 5) is 24.2. The van der Waals surface area contributed by atoms with E-state index in [0.29, 0.717) is 5.82 Å². The summed E-state index contributed by atoms with van der Waals surface area (Å²) in [6.45, 7) is 5.80. The molecule has 2 aromatic rings. The molecule has 1 fully saturated rings. The lowest BCUT2D eigenvalue weighted by Gasteiger charge is -2.16. The summed E-state index contributed by atoms with van der Waals surface area (Å²) in [6, 6.07) is 1.96. The van der Waals surface area contributed by atoms with Crippen molar-refractivity contribution in [1.82, 2.24) is 25.3 Å². The average molecular weight is 402 g/mol. The molecule has 1 saturated carbocycles. The highest BCUT2D eigenvalue weighted by atomic mass is 16.6. The molecule has 158 valence electrons. The van der Waals surface area contributed by atoms with Gasteiger partial charge < -0.3 is 15.4 Å². The van der Waals surface area contributed by atoms with E-state index >= 15 is 0 Å². The maximum Gasteiger partial charge on any atom is 0.407 e. The Morgan fingerprint density at radius 1 is 1.41 bits per heavy atom. The Kier molecular flexibility index (Phi) is 6.56. The van der Waals surface area contributed by atoms with Gasteiger partial charge in [0.05, 0.1) is 12.6 Å². The summed E-state index contributed by atoms with van der Waals surface area (Å²) in [5, 5.41) is 17.2. The van der Waals surface area contributed by atoms with Gasteiger partial charge in [0.15, 0.2) is 5.82 Å². The maximum atomic E-state index is 12.3. The van der Waals surface area contributed by atoms with Gasteiger partial charge in [-0.1, -0.05) is 6.92 Å². The number of amides is 2. The first kappa shape index (κ1) is 20.9. The standard InChI is InChI=1S/C20H30N6O3/c1-5-12(2)29-20(28)22-16-7-6-14(8-16)17-10-18(25-24-17)23-19(27)9-15-11-21-26(4)13(15)3/h10-12,14,16H,5-9H2,1-4H3,(H,22,28)(H2,23,24,25,27)/t12-,14-,16+/m0/s1. The smallest absolute Gasteiger partial charge is 0.407 e. The second kappa shape index (κ2) is 9.11. The first-order chi connectivity index (χ1) is 13.9. The van der Waals surface area contributed by atoms with Crippen molar-refractivity contribution in [2.45, 2.75) is 70.9 Å². The van der Waals surface area contributed by atoms with Crippen LogP contribution in [0.15, 0.2) is 12.3 Å². The summed E-state index contributed by atoms with van der Waals surface area (Å²) >= 11 is 0. The highest BCUT2D eigenvalue weighted by Crippen LogP contribution is 2.34. The van der Waals surface area contributed by atoms with Crippen molar-refractivity contribution in [3.8, 4) is 0 Å². The molecule has 2 heterocycles. The zero-order chi connectivity index (χ0) is 21.0. The third kappa shape index (κ3) is 5.36. The summed E-state index contributed by atoms with van der Waals surface area (Å²) in [5.74, 6) is 0.652. The molecule has 0 radical (unpaired) electrons. The quantitative estimate of drug-likeness (QED) is 0.659. The molecule has 0 saturated heterocycles. The Morgan fingerprint density at radius 2 is 2.21 bits per heavy atom. The molecule has 3 rings (SSSR count). The number of hydrogen-bond donors (Lipinski definition) is 3. The summed E-state index contributed by atoms with van der Waals surface area (Å²) < 4.78 is 7.03. The molecule has 3 atom stereocenters. The van der Waals surface area contributed by atoms with Gasteiger partial charge in [0.25, 0.3) is 0 Å². The van der Waals surface area contributed by atoms with Gasteiger partial charge in [-0.3, -0.25) is 14.6 Å². The number of anilines is 1. The van der Waals surface area contributed by atoms with Crippen LogP contribution >= 0.6 is 0 Å². The lowest BCUT2D eigenvalue weighted by atomic mass is 10.0. The number of aromatic nitrogens is 4. The van der Waals surface area contributed by atoms with Crippen LogP contribution in [0.2, 0.25) is 0 Å². The SMILES string of the molecule is CC[C@H](C)OC(=O)N[C@@H]1CC[C@H](c2cc(NC(=O)Cc3cnn(C)c3C)n[nH]2)C1. The van der Waals surface area contributed by atoms with Gasteiger partial charge >= 0.3 is 6.09 Å². The van der Waals surface area contributed by atoms with Gasteiger partial charge in [-0.05, 0) is 39.5 Å². The third-order valence-corrected chi connectivity index (χ3v) is 5.63. The molecule has 2 aromatic heterocycles. The number of carbonyl (C=O) groups excluding carboxylic acids is 2. The molecule has 0 spiro atoms. The van der Waals surface area contributed by atoms with Crippen LogP contribution in [-0.2, 0) is 23.0 Å². The number of aryl methyl sites for hydroxylation is 1. The fourth-order valence-electron chi connectivity index (χ4n) is 3.55. The van der Waals surface area contributed by atoms with Gasteiger partial charge in [0, 0.05) is 42.0 Å². The van der Waals surface area contributed by atoms with Gasteiger partial charge in [-0.15, -0.1) is 0 Å².